The highest BCUT2D eigenvalue weighted by molar-refractivity contribution is 7.98. The standard InChI is InChI=1S/C22H24FN5O2S/c1-30-19-7-6-15(12-17(19)23)18-8-10-25-22(27-18)28-20(14-4-5-14)16(13-26-28)21(29)24-9-3-11-31-2/h6-8,10,12-14H,3-5,9,11H2,1-2H3,(H,24,29). The molecule has 0 radical (unpaired) electrons. The molecule has 7 nitrogen and oxygen atoms in total. The topological polar surface area (TPSA) is 81.9 Å². The summed E-state index contributed by atoms with van der Waals surface area (Å²) in [4.78, 5) is 21.7. The maximum absolute atomic E-state index is 14.1. The number of nitrogens with zero attached hydrogens (tertiary/aromatic N) is 4. The molecular weight excluding hydrogens is 417 g/mol. The highest BCUT2D eigenvalue weighted by Crippen LogP contribution is 2.42. The van der Waals surface area contributed by atoms with E-state index >= 15 is 0 Å². The van der Waals surface area contributed by atoms with Gasteiger partial charge in [-0.2, -0.15) is 16.9 Å². The average molecular weight is 442 g/mol. The molecule has 4 rings (SSSR count). The van der Waals surface area contributed by atoms with Crippen LogP contribution in [0.5, 0.6) is 5.75 Å². The lowest BCUT2D eigenvalue weighted by Crippen LogP contribution is -2.25. The summed E-state index contributed by atoms with van der Waals surface area (Å²) in [5, 5.41) is 7.40. The summed E-state index contributed by atoms with van der Waals surface area (Å²) in [5.74, 6) is 1.22. The number of thioether (sulfide) groups is 1. The fourth-order valence-corrected chi connectivity index (χ4v) is 3.83. The Labute approximate surface area is 184 Å². The fraction of sp³-hybridized carbons (Fsp3) is 0.364. The van der Waals surface area contributed by atoms with Gasteiger partial charge in [-0.3, -0.25) is 4.79 Å². The summed E-state index contributed by atoms with van der Waals surface area (Å²) in [6.45, 7) is 0.629. The molecule has 0 atom stereocenters. The van der Waals surface area contributed by atoms with Crippen molar-refractivity contribution in [2.24, 2.45) is 0 Å². The van der Waals surface area contributed by atoms with Crippen molar-refractivity contribution in [3.8, 4) is 23.0 Å². The van der Waals surface area contributed by atoms with Crippen LogP contribution in [0.15, 0.2) is 36.7 Å². The maximum Gasteiger partial charge on any atom is 0.254 e. The number of ether oxygens (including phenoxy) is 1. The zero-order valence-electron chi connectivity index (χ0n) is 17.5. The van der Waals surface area contributed by atoms with Gasteiger partial charge in [-0.05, 0) is 55.5 Å². The van der Waals surface area contributed by atoms with Crippen LogP contribution in [0.3, 0.4) is 0 Å². The van der Waals surface area contributed by atoms with Crippen molar-refractivity contribution < 1.29 is 13.9 Å². The third-order valence-corrected chi connectivity index (χ3v) is 5.80. The summed E-state index contributed by atoms with van der Waals surface area (Å²) in [5.41, 5.74) is 2.57. The first-order valence-corrected chi connectivity index (χ1v) is 11.5. The third-order valence-electron chi connectivity index (χ3n) is 5.11. The molecule has 1 N–H and O–H groups in total. The molecule has 1 saturated carbocycles. The highest BCUT2D eigenvalue weighted by atomic mass is 32.2. The van der Waals surface area contributed by atoms with Crippen LogP contribution >= 0.6 is 11.8 Å². The van der Waals surface area contributed by atoms with Gasteiger partial charge in [0.05, 0.1) is 30.3 Å². The van der Waals surface area contributed by atoms with Crippen molar-refractivity contribution in [2.75, 3.05) is 25.7 Å². The Morgan fingerprint density at radius 1 is 1.35 bits per heavy atom. The van der Waals surface area contributed by atoms with Gasteiger partial charge in [0, 0.05) is 24.2 Å². The Kier molecular flexibility index (Phi) is 6.50. The number of hydrogen-bond acceptors (Lipinski definition) is 6. The molecule has 1 aliphatic carbocycles. The smallest absolute Gasteiger partial charge is 0.254 e. The number of carbonyl (C=O) groups excluding carboxylic acids is 1. The van der Waals surface area contributed by atoms with Crippen LogP contribution in [0.2, 0.25) is 0 Å². The fourth-order valence-electron chi connectivity index (χ4n) is 3.39. The number of amides is 1. The van der Waals surface area contributed by atoms with E-state index in [-0.39, 0.29) is 17.6 Å². The number of halogens is 1. The van der Waals surface area contributed by atoms with Crippen molar-refractivity contribution >= 4 is 17.7 Å². The Bertz CT molecular complexity index is 1080. The Morgan fingerprint density at radius 2 is 2.19 bits per heavy atom. The van der Waals surface area contributed by atoms with E-state index in [1.165, 1.54) is 13.2 Å². The highest BCUT2D eigenvalue weighted by Gasteiger charge is 2.33. The second-order valence-corrected chi connectivity index (χ2v) is 8.31. The first kappa shape index (κ1) is 21.3. The van der Waals surface area contributed by atoms with Crippen LogP contribution in [0, 0.1) is 5.82 Å². The maximum atomic E-state index is 14.1. The van der Waals surface area contributed by atoms with Crippen molar-refractivity contribution in [2.45, 2.75) is 25.2 Å². The summed E-state index contributed by atoms with van der Waals surface area (Å²) < 4.78 is 20.8. The second-order valence-electron chi connectivity index (χ2n) is 7.32. The minimum absolute atomic E-state index is 0.123. The van der Waals surface area contributed by atoms with Gasteiger partial charge in [0.1, 0.15) is 0 Å². The van der Waals surface area contributed by atoms with E-state index < -0.39 is 5.82 Å². The lowest BCUT2D eigenvalue weighted by Gasteiger charge is -2.10. The molecule has 1 fully saturated rings. The van der Waals surface area contributed by atoms with Crippen LogP contribution in [0.4, 0.5) is 4.39 Å². The van der Waals surface area contributed by atoms with Gasteiger partial charge in [-0.1, -0.05) is 0 Å². The number of aromatic nitrogens is 4. The summed E-state index contributed by atoms with van der Waals surface area (Å²) in [6.07, 6.45) is 8.17. The van der Waals surface area contributed by atoms with E-state index in [2.05, 4.69) is 20.4 Å². The van der Waals surface area contributed by atoms with Crippen molar-refractivity contribution in [1.82, 2.24) is 25.1 Å². The molecule has 0 bridgehead atoms. The Hall–Kier alpha value is -2.94. The lowest BCUT2D eigenvalue weighted by molar-refractivity contribution is 0.0952. The molecule has 3 aromatic rings. The van der Waals surface area contributed by atoms with Crippen molar-refractivity contribution in [3.63, 3.8) is 0 Å². The van der Waals surface area contributed by atoms with E-state index in [1.54, 1.807) is 47.0 Å². The SMILES string of the molecule is COc1ccc(-c2ccnc(-n3ncc(C(=O)NCCCSC)c3C3CC3)n2)cc1F. The van der Waals surface area contributed by atoms with Gasteiger partial charge in [-0.25, -0.2) is 19.0 Å². The molecule has 162 valence electrons. The molecule has 9 heteroatoms. The molecule has 0 saturated heterocycles. The van der Waals surface area contributed by atoms with Crippen molar-refractivity contribution in [3.05, 3.63) is 53.7 Å². The van der Waals surface area contributed by atoms with Crippen LogP contribution in [0.25, 0.3) is 17.2 Å². The Morgan fingerprint density at radius 3 is 2.90 bits per heavy atom. The van der Waals surface area contributed by atoms with Crippen LogP contribution in [-0.2, 0) is 0 Å². The predicted octanol–water partition coefficient (Wildman–Crippen LogP) is 3.84. The zero-order valence-corrected chi connectivity index (χ0v) is 18.3. The number of benzene rings is 1. The number of hydrogen-bond donors (Lipinski definition) is 1. The molecule has 1 aromatic carbocycles. The van der Waals surface area contributed by atoms with E-state index in [9.17, 15) is 9.18 Å². The molecule has 31 heavy (non-hydrogen) atoms. The van der Waals surface area contributed by atoms with E-state index in [1.807, 2.05) is 6.26 Å². The largest absolute Gasteiger partial charge is 0.494 e. The molecule has 0 spiro atoms. The van der Waals surface area contributed by atoms with Gasteiger partial charge in [-0.15, -0.1) is 0 Å². The Balaban J connectivity index is 1.63. The van der Waals surface area contributed by atoms with Crippen molar-refractivity contribution in [1.29, 1.82) is 0 Å². The first-order valence-electron chi connectivity index (χ1n) is 10.1. The third kappa shape index (κ3) is 4.71. The van der Waals surface area contributed by atoms with E-state index in [4.69, 9.17) is 4.74 Å². The molecule has 1 amide bonds. The number of carbonyl (C=O) groups is 1. The monoisotopic (exact) mass is 441 g/mol. The molecule has 0 aliphatic heterocycles. The van der Waals surface area contributed by atoms with Gasteiger partial charge in [0.2, 0.25) is 0 Å². The normalized spacial score (nSPS) is 13.3. The quantitative estimate of drug-likeness (QED) is 0.508. The first-order chi connectivity index (χ1) is 15.1. The summed E-state index contributed by atoms with van der Waals surface area (Å²) in [7, 11) is 1.43. The van der Waals surface area contributed by atoms with Crippen LogP contribution in [0.1, 0.15) is 41.2 Å². The molecule has 2 heterocycles. The van der Waals surface area contributed by atoms with E-state index in [0.717, 1.165) is 30.7 Å². The lowest BCUT2D eigenvalue weighted by atomic mass is 10.1. The van der Waals surface area contributed by atoms with Gasteiger partial charge >= 0.3 is 0 Å². The zero-order chi connectivity index (χ0) is 21.8. The predicted molar refractivity (Wildman–Crippen MR) is 118 cm³/mol. The van der Waals surface area contributed by atoms with Gasteiger partial charge < -0.3 is 10.1 Å². The van der Waals surface area contributed by atoms with Crippen LogP contribution in [-0.4, -0.2) is 51.3 Å². The van der Waals surface area contributed by atoms with Crippen LogP contribution < -0.4 is 10.1 Å². The molecule has 2 aromatic heterocycles. The second kappa shape index (κ2) is 9.47. The van der Waals surface area contributed by atoms with E-state index in [0.29, 0.717) is 29.3 Å². The number of nitrogens with one attached hydrogen (secondary N) is 1. The molecule has 1 aliphatic rings. The average Bonchev–Trinajstić information content (AvgIpc) is 3.54. The number of methoxy groups -OCH3 is 1. The van der Waals surface area contributed by atoms with Gasteiger partial charge in [0.15, 0.2) is 11.6 Å². The number of rotatable bonds is 9. The molecular formula is C22H24FN5O2S. The minimum Gasteiger partial charge on any atom is -0.494 e. The van der Waals surface area contributed by atoms with Gasteiger partial charge in [0.25, 0.3) is 11.9 Å². The summed E-state index contributed by atoms with van der Waals surface area (Å²) >= 11 is 1.76. The summed E-state index contributed by atoms with van der Waals surface area (Å²) in [6, 6.07) is 6.40. The molecule has 0 unspecified atom stereocenters. The minimum atomic E-state index is -0.460.